The molecule has 0 fully saturated rings. The van der Waals surface area contributed by atoms with E-state index in [-0.39, 0.29) is 0 Å². The molecule has 2 aromatic rings. The predicted octanol–water partition coefficient (Wildman–Crippen LogP) is 2.43. The van der Waals surface area contributed by atoms with Crippen LogP contribution in [0.4, 0.5) is 11.6 Å². The van der Waals surface area contributed by atoms with E-state index < -0.39 is 0 Å². The number of benzene rings is 1. The van der Waals surface area contributed by atoms with E-state index in [1.807, 2.05) is 24.3 Å². The quantitative estimate of drug-likeness (QED) is 0.847. The number of rotatable bonds is 3. The first-order valence-corrected chi connectivity index (χ1v) is 5.59. The summed E-state index contributed by atoms with van der Waals surface area (Å²) in [4.78, 5) is 8.23. The Labute approximate surface area is 102 Å². The van der Waals surface area contributed by atoms with Crippen LogP contribution in [0.15, 0.2) is 41.1 Å². The van der Waals surface area contributed by atoms with Crippen molar-refractivity contribution in [3.8, 4) is 0 Å². The lowest BCUT2D eigenvalue weighted by molar-refractivity contribution is 1.05. The molecule has 0 aliphatic carbocycles. The Morgan fingerprint density at radius 1 is 1.25 bits per heavy atom. The van der Waals surface area contributed by atoms with Crippen LogP contribution in [0.1, 0.15) is 5.56 Å². The van der Waals surface area contributed by atoms with Crippen molar-refractivity contribution in [3.05, 3.63) is 46.7 Å². The molecule has 0 atom stereocenters. The summed E-state index contributed by atoms with van der Waals surface area (Å²) in [5.74, 6) is 0.602. The molecular formula is C11H11BrN4. The topological polar surface area (TPSA) is 63.8 Å². The van der Waals surface area contributed by atoms with E-state index in [0.29, 0.717) is 12.5 Å². The molecule has 0 spiro atoms. The third kappa shape index (κ3) is 2.93. The third-order valence-electron chi connectivity index (χ3n) is 2.02. The zero-order valence-corrected chi connectivity index (χ0v) is 10.1. The molecule has 0 bridgehead atoms. The van der Waals surface area contributed by atoms with Gasteiger partial charge in [-0.3, -0.25) is 0 Å². The van der Waals surface area contributed by atoms with Gasteiger partial charge < -0.3 is 11.1 Å². The molecule has 1 aromatic heterocycles. The molecule has 0 amide bonds. The minimum atomic E-state index is 0.602. The van der Waals surface area contributed by atoms with Gasteiger partial charge in [0.15, 0.2) is 0 Å². The van der Waals surface area contributed by atoms with E-state index in [9.17, 15) is 0 Å². The zero-order chi connectivity index (χ0) is 11.4. The number of anilines is 2. The van der Waals surface area contributed by atoms with Crippen LogP contribution < -0.4 is 11.1 Å². The third-order valence-corrected chi connectivity index (χ3v) is 2.43. The summed E-state index contributed by atoms with van der Waals surface area (Å²) < 4.78 is 0.863. The fourth-order valence-electron chi connectivity index (χ4n) is 1.29. The van der Waals surface area contributed by atoms with Crippen LogP contribution in [-0.2, 0) is 6.54 Å². The zero-order valence-electron chi connectivity index (χ0n) is 8.52. The molecule has 5 heteroatoms. The number of aromatic nitrogens is 2. The molecule has 4 nitrogen and oxygen atoms in total. The summed E-state index contributed by atoms with van der Waals surface area (Å²) in [6, 6.07) is 7.71. The highest BCUT2D eigenvalue weighted by Crippen LogP contribution is 2.10. The van der Waals surface area contributed by atoms with Crippen LogP contribution in [0.2, 0.25) is 0 Å². The normalized spacial score (nSPS) is 10.1. The van der Waals surface area contributed by atoms with E-state index >= 15 is 0 Å². The number of nitrogens with zero attached hydrogens (tertiary/aromatic N) is 2. The SMILES string of the molecule is Nc1cccc(CNc2ncc(Br)cn2)c1. The minimum absolute atomic E-state index is 0.602. The predicted molar refractivity (Wildman–Crippen MR) is 67.9 cm³/mol. The molecule has 1 aromatic carbocycles. The second-order valence-electron chi connectivity index (χ2n) is 3.32. The van der Waals surface area contributed by atoms with Crippen molar-refractivity contribution in [2.75, 3.05) is 11.1 Å². The van der Waals surface area contributed by atoms with Gasteiger partial charge in [0.1, 0.15) is 0 Å². The molecule has 2 rings (SSSR count). The fraction of sp³-hybridized carbons (Fsp3) is 0.0909. The van der Waals surface area contributed by atoms with Crippen LogP contribution in [-0.4, -0.2) is 9.97 Å². The molecule has 82 valence electrons. The Kier molecular flexibility index (Phi) is 3.36. The van der Waals surface area contributed by atoms with Crippen LogP contribution in [0.25, 0.3) is 0 Å². The lowest BCUT2D eigenvalue weighted by atomic mass is 10.2. The Balaban J connectivity index is 1.99. The summed E-state index contributed by atoms with van der Waals surface area (Å²) in [6.07, 6.45) is 3.41. The lowest BCUT2D eigenvalue weighted by Gasteiger charge is -2.05. The summed E-state index contributed by atoms with van der Waals surface area (Å²) in [5.41, 5.74) is 7.55. The molecule has 0 radical (unpaired) electrons. The van der Waals surface area contributed by atoms with Crippen LogP contribution in [0.3, 0.4) is 0 Å². The number of hydrogen-bond acceptors (Lipinski definition) is 4. The van der Waals surface area contributed by atoms with Crippen molar-refractivity contribution in [1.82, 2.24) is 9.97 Å². The number of nitrogen functional groups attached to an aromatic ring is 1. The summed E-state index contributed by atoms with van der Waals surface area (Å²) in [6.45, 7) is 0.659. The minimum Gasteiger partial charge on any atom is -0.399 e. The van der Waals surface area contributed by atoms with Gasteiger partial charge in [0.25, 0.3) is 0 Å². The van der Waals surface area contributed by atoms with E-state index in [2.05, 4.69) is 31.2 Å². The number of nitrogens with one attached hydrogen (secondary N) is 1. The van der Waals surface area contributed by atoms with Gasteiger partial charge in [0.05, 0.1) is 4.47 Å². The molecule has 0 saturated heterocycles. The van der Waals surface area contributed by atoms with Crippen LogP contribution >= 0.6 is 15.9 Å². The largest absolute Gasteiger partial charge is 0.399 e. The monoisotopic (exact) mass is 278 g/mol. The standard InChI is InChI=1S/C11H11BrN4/c12-9-6-15-11(16-7-9)14-5-8-2-1-3-10(13)4-8/h1-4,6-7H,5,13H2,(H,14,15,16). The second kappa shape index (κ2) is 4.94. The number of hydrogen-bond donors (Lipinski definition) is 2. The molecule has 0 unspecified atom stereocenters. The van der Waals surface area contributed by atoms with Crippen molar-refractivity contribution in [2.45, 2.75) is 6.54 Å². The van der Waals surface area contributed by atoms with Crippen molar-refractivity contribution in [2.24, 2.45) is 0 Å². The average Bonchev–Trinajstić information content (AvgIpc) is 2.28. The first-order chi connectivity index (χ1) is 7.74. The summed E-state index contributed by atoms with van der Waals surface area (Å²) in [5, 5.41) is 3.12. The highest BCUT2D eigenvalue weighted by Gasteiger charge is 1.96. The maximum atomic E-state index is 5.68. The van der Waals surface area contributed by atoms with Gasteiger partial charge in [-0.1, -0.05) is 12.1 Å². The Hall–Kier alpha value is -1.62. The first kappa shape index (κ1) is 10.9. The van der Waals surface area contributed by atoms with Crippen molar-refractivity contribution in [3.63, 3.8) is 0 Å². The van der Waals surface area contributed by atoms with Gasteiger partial charge in [0.2, 0.25) is 5.95 Å². The molecule has 3 N–H and O–H groups in total. The van der Waals surface area contributed by atoms with E-state index in [1.54, 1.807) is 12.4 Å². The maximum absolute atomic E-state index is 5.68. The Bertz CT molecular complexity index is 470. The van der Waals surface area contributed by atoms with Gasteiger partial charge in [-0.25, -0.2) is 9.97 Å². The highest BCUT2D eigenvalue weighted by molar-refractivity contribution is 9.10. The molecule has 0 saturated carbocycles. The number of halogens is 1. The Morgan fingerprint density at radius 2 is 2.00 bits per heavy atom. The smallest absolute Gasteiger partial charge is 0.222 e. The van der Waals surface area contributed by atoms with E-state index in [1.165, 1.54) is 0 Å². The van der Waals surface area contributed by atoms with E-state index in [4.69, 9.17) is 5.73 Å². The van der Waals surface area contributed by atoms with Crippen molar-refractivity contribution < 1.29 is 0 Å². The van der Waals surface area contributed by atoms with Gasteiger partial charge in [0, 0.05) is 24.6 Å². The second-order valence-corrected chi connectivity index (χ2v) is 4.24. The van der Waals surface area contributed by atoms with Gasteiger partial charge >= 0.3 is 0 Å². The summed E-state index contributed by atoms with van der Waals surface area (Å²) >= 11 is 3.28. The molecule has 16 heavy (non-hydrogen) atoms. The van der Waals surface area contributed by atoms with Gasteiger partial charge in [-0.05, 0) is 33.6 Å². The van der Waals surface area contributed by atoms with Crippen LogP contribution in [0.5, 0.6) is 0 Å². The lowest BCUT2D eigenvalue weighted by Crippen LogP contribution is -2.03. The molecule has 1 heterocycles. The maximum Gasteiger partial charge on any atom is 0.222 e. The first-order valence-electron chi connectivity index (χ1n) is 4.80. The number of nitrogens with two attached hydrogens (primary N) is 1. The Morgan fingerprint density at radius 3 is 2.69 bits per heavy atom. The molecule has 0 aliphatic heterocycles. The molecule has 0 aliphatic rings. The highest BCUT2D eigenvalue weighted by atomic mass is 79.9. The summed E-state index contributed by atoms with van der Waals surface area (Å²) in [7, 11) is 0. The van der Waals surface area contributed by atoms with Gasteiger partial charge in [-0.2, -0.15) is 0 Å². The van der Waals surface area contributed by atoms with Crippen molar-refractivity contribution in [1.29, 1.82) is 0 Å². The molecular weight excluding hydrogens is 268 g/mol. The fourth-order valence-corrected chi connectivity index (χ4v) is 1.49. The van der Waals surface area contributed by atoms with E-state index in [0.717, 1.165) is 15.7 Å². The van der Waals surface area contributed by atoms with Crippen molar-refractivity contribution >= 4 is 27.6 Å². The van der Waals surface area contributed by atoms with Crippen LogP contribution in [0, 0.1) is 0 Å². The van der Waals surface area contributed by atoms with Gasteiger partial charge in [-0.15, -0.1) is 0 Å². The average molecular weight is 279 g/mol.